The number of nitrogens with two attached hydrogens (primary N) is 1. The maximum Gasteiger partial charge on any atom is 0.127 e. The number of hydrogen-bond donors (Lipinski definition) is 1. The van der Waals surface area contributed by atoms with Crippen molar-refractivity contribution in [1.29, 1.82) is 0 Å². The highest BCUT2D eigenvalue weighted by Crippen LogP contribution is 2.31. The van der Waals surface area contributed by atoms with E-state index in [0.717, 1.165) is 16.9 Å². The molecule has 0 aliphatic rings. The van der Waals surface area contributed by atoms with Crippen LogP contribution in [0, 0.1) is 0 Å². The van der Waals surface area contributed by atoms with E-state index < -0.39 is 0 Å². The van der Waals surface area contributed by atoms with Crippen molar-refractivity contribution in [3.63, 3.8) is 0 Å². The average Bonchev–Trinajstić information content (AvgIpc) is 2.91. The first-order chi connectivity index (χ1) is 8.26. The molecule has 1 aromatic carbocycles. The minimum absolute atomic E-state index is 0.269. The summed E-state index contributed by atoms with van der Waals surface area (Å²) >= 11 is 0. The highest BCUT2D eigenvalue weighted by Gasteiger charge is 2.15. The van der Waals surface area contributed by atoms with Crippen LogP contribution in [0.5, 0.6) is 11.5 Å². The summed E-state index contributed by atoms with van der Waals surface area (Å²) in [4.78, 5) is 0. The molecule has 2 rings (SSSR count). The Hall–Kier alpha value is -1.94. The summed E-state index contributed by atoms with van der Waals surface area (Å²) in [5, 5.41) is 0. The van der Waals surface area contributed by atoms with Gasteiger partial charge in [0.2, 0.25) is 0 Å². The van der Waals surface area contributed by atoms with Gasteiger partial charge in [-0.2, -0.15) is 0 Å². The first-order valence-corrected chi connectivity index (χ1v) is 5.26. The van der Waals surface area contributed by atoms with Gasteiger partial charge in [-0.15, -0.1) is 0 Å². The van der Waals surface area contributed by atoms with E-state index >= 15 is 0 Å². The minimum atomic E-state index is -0.269. The Bertz CT molecular complexity index is 479. The van der Waals surface area contributed by atoms with Gasteiger partial charge in [0.25, 0.3) is 0 Å². The molecule has 0 aliphatic heterocycles. The van der Waals surface area contributed by atoms with Gasteiger partial charge in [-0.05, 0) is 18.2 Å². The lowest BCUT2D eigenvalue weighted by Gasteiger charge is -2.15. The molecule has 0 bridgehead atoms. The van der Waals surface area contributed by atoms with E-state index in [4.69, 9.17) is 19.6 Å². The molecule has 0 saturated heterocycles. The highest BCUT2D eigenvalue weighted by molar-refractivity contribution is 5.45. The third-order valence-corrected chi connectivity index (χ3v) is 2.68. The predicted octanol–water partition coefficient (Wildman–Crippen LogP) is 2.34. The van der Waals surface area contributed by atoms with Gasteiger partial charge in [-0.3, -0.25) is 0 Å². The summed E-state index contributed by atoms with van der Waals surface area (Å²) in [5.41, 5.74) is 7.96. The second kappa shape index (κ2) is 4.93. The van der Waals surface area contributed by atoms with Crippen molar-refractivity contribution in [2.24, 2.45) is 5.73 Å². The van der Waals surface area contributed by atoms with Crippen molar-refractivity contribution in [2.45, 2.75) is 6.04 Å². The van der Waals surface area contributed by atoms with Crippen molar-refractivity contribution in [3.8, 4) is 11.5 Å². The average molecular weight is 233 g/mol. The number of furan rings is 1. The standard InChI is InChI=1S/C13H15NO3/c1-15-10-3-4-11(12(7-10)16-2)13(14)9-5-6-17-8-9/h3-8,13H,14H2,1-2H3. The summed E-state index contributed by atoms with van der Waals surface area (Å²) in [6.07, 6.45) is 3.24. The van der Waals surface area contributed by atoms with Gasteiger partial charge in [-0.25, -0.2) is 0 Å². The smallest absolute Gasteiger partial charge is 0.127 e. The van der Waals surface area contributed by atoms with Crippen LogP contribution in [0.3, 0.4) is 0 Å². The van der Waals surface area contributed by atoms with Crippen molar-refractivity contribution >= 4 is 0 Å². The Labute approximate surface area is 99.9 Å². The topological polar surface area (TPSA) is 57.6 Å². The molecule has 1 aromatic heterocycles. The molecule has 4 nitrogen and oxygen atoms in total. The van der Waals surface area contributed by atoms with E-state index in [0.29, 0.717) is 5.75 Å². The largest absolute Gasteiger partial charge is 0.497 e. The normalized spacial score (nSPS) is 12.2. The van der Waals surface area contributed by atoms with Crippen LogP contribution >= 0.6 is 0 Å². The second-order valence-corrected chi connectivity index (χ2v) is 3.64. The molecule has 2 N–H and O–H groups in total. The van der Waals surface area contributed by atoms with Crippen molar-refractivity contribution in [3.05, 3.63) is 47.9 Å². The fraction of sp³-hybridized carbons (Fsp3) is 0.231. The molecular formula is C13H15NO3. The quantitative estimate of drug-likeness (QED) is 0.880. The molecule has 1 heterocycles. The van der Waals surface area contributed by atoms with Gasteiger partial charge in [0, 0.05) is 17.2 Å². The van der Waals surface area contributed by atoms with Crippen molar-refractivity contribution in [2.75, 3.05) is 14.2 Å². The molecule has 0 aliphatic carbocycles. The maximum absolute atomic E-state index is 6.15. The summed E-state index contributed by atoms with van der Waals surface area (Å²) < 4.78 is 15.5. The Morgan fingerprint density at radius 2 is 2.00 bits per heavy atom. The van der Waals surface area contributed by atoms with Crippen molar-refractivity contribution < 1.29 is 13.9 Å². The summed E-state index contributed by atoms with van der Waals surface area (Å²) in [6.45, 7) is 0. The Morgan fingerprint density at radius 1 is 1.18 bits per heavy atom. The number of rotatable bonds is 4. The fourth-order valence-electron chi connectivity index (χ4n) is 1.71. The van der Waals surface area contributed by atoms with Gasteiger partial charge in [0.15, 0.2) is 0 Å². The van der Waals surface area contributed by atoms with Crippen LogP contribution < -0.4 is 15.2 Å². The van der Waals surface area contributed by atoms with Crippen LogP contribution in [0.25, 0.3) is 0 Å². The molecule has 4 heteroatoms. The monoisotopic (exact) mass is 233 g/mol. The fourth-order valence-corrected chi connectivity index (χ4v) is 1.71. The van der Waals surface area contributed by atoms with Gasteiger partial charge >= 0.3 is 0 Å². The zero-order chi connectivity index (χ0) is 12.3. The lowest BCUT2D eigenvalue weighted by atomic mass is 10.0. The first-order valence-electron chi connectivity index (χ1n) is 5.26. The van der Waals surface area contributed by atoms with E-state index in [-0.39, 0.29) is 6.04 Å². The van der Waals surface area contributed by atoms with Crippen LogP contribution in [0.1, 0.15) is 17.2 Å². The molecule has 0 saturated carbocycles. The lowest BCUT2D eigenvalue weighted by Crippen LogP contribution is -2.12. The van der Waals surface area contributed by atoms with Gasteiger partial charge in [0.05, 0.1) is 32.8 Å². The molecule has 1 unspecified atom stereocenters. The summed E-state index contributed by atoms with van der Waals surface area (Å²) in [7, 11) is 3.23. The van der Waals surface area contributed by atoms with E-state index in [2.05, 4.69) is 0 Å². The van der Waals surface area contributed by atoms with Crippen LogP contribution in [-0.2, 0) is 0 Å². The number of benzene rings is 1. The Kier molecular flexibility index (Phi) is 3.35. The van der Waals surface area contributed by atoms with E-state index in [1.807, 2.05) is 24.3 Å². The predicted molar refractivity (Wildman–Crippen MR) is 64.3 cm³/mol. The molecule has 90 valence electrons. The minimum Gasteiger partial charge on any atom is -0.497 e. The first kappa shape index (κ1) is 11.5. The van der Waals surface area contributed by atoms with E-state index in [1.165, 1.54) is 0 Å². The SMILES string of the molecule is COc1ccc(C(N)c2ccoc2)c(OC)c1. The zero-order valence-corrected chi connectivity index (χ0v) is 9.84. The van der Waals surface area contributed by atoms with Crippen molar-refractivity contribution in [1.82, 2.24) is 0 Å². The molecule has 0 radical (unpaired) electrons. The molecule has 0 amide bonds. The number of methoxy groups -OCH3 is 2. The van der Waals surface area contributed by atoms with Crippen LogP contribution in [-0.4, -0.2) is 14.2 Å². The van der Waals surface area contributed by atoms with Crippen LogP contribution in [0.4, 0.5) is 0 Å². The highest BCUT2D eigenvalue weighted by atomic mass is 16.5. The van der Waals surface area contributed by atoms with Crippen LogP contribution in [0.15, 0.2) is 41.2 Å². The molecule has 17 heavy (non-hydrogen) atoms. The van der Waals surface area contributed by atoms with E-state index in [9.17, 15) is 0 Å². The molecule has 2 aromatic rings. The third-order valence-electron chi connectivity index (χ3n) is 2.68. The second-order valence-electron chi connectivity index (χ2n) is 3.64. The van der Waals surface area contributed by atoms with Gasteiger partial charge in [0.1, 0.15) is 11.5 Å². The Morgan fingerprint density at radius 3 is 2.59 bits per heavy atom. The van der Waals surface area contributed by atoms with E-state index in [1.54, 1.807) is 26.7 Å². The van der Waals surface area contributed by atoms with Gasteiger partial charge in [-0.1, -0.05) is 0 Å². The molecule has 1 atom stereocenters. The van der Waals surface area contributed by atoms with Gasteiger partial charge < -0.3 is 19.6 Å². The Balaban J connectivity index is 2.38. The summed E-state index contributed by atoms with van der Waals surface area (Å²) in [5.74, 6) is 1.45. The number of hydrogen-bond acceptors (Lipinski definition) is 4. The third kappa shape index (κ3) is 2.26. The zero-order valence-electron chi connectivity index (χ0n) is 9.84. The number of ether oxygens (including phenoxy) is 2. The molecule has 0 spiro atoms. The maximum atomic E-state index is 6.15. The summed E-state index contributed by atoms with van der Waals surface area (Å²) in [6, 6.07) is 7.14. The van der Waals surface area contributed by atoms with Crippen LogP contribution in [0.2, 0.25) is 0 Å². The molecular weight excluding hydrogens is 218 g/mol. The molecule has 0 fully saturated rings. The lowest BCUT2D eigenvalue weighted by molar-refractivity contribution is 0.390.